The fourth-order valence-electron chi connectivity index (χ4n) is 0.307. The van der Waals surface area contributed by atoms with Crippen LogP contribution in [0.1, 0.15) is 6.92 Å². The van der Waals surface area contributed by atoms with Crippen molar-refractivity contribution in [2.45, 2.75) is 6.92 Å². The molecule has 2 nitrogen and oxygen atoms in total. The maximum Gasteiger partial charge on any atom is 0.142 e. The lowest BCUT2D eigenvalue weighted by atomic mass is 10.5. The van der Waals surface area contributed by atoms with Crippen molar-refractivity contribution in [1.29, 1.82) is 0 Å². The third-order valence-electron chi connectivity index (χ3n) is 0.642. The maximum atomic E-state index is 9.68. The summed E-state index contributed by atoms with van der Waals surface area (Å²) in [6.07, 6.45) is 6.94. The summed E-state index contributed by atoms with van der Waals surface area (Å²) < 4.78 is 4.83. The predicted molar refractivity (Wildman–Crippen MR) is 36.0 cm³/mol. The van der Waals surface area contributed by atoms with Crippen LogP contribution in [0.3, 0.4) is 0 Å². The number of aldehydes is 1. The Kier molecular flexibility index (Phi) is 6.14. The zero-order valence-electron chi connectivity index (χ0n) is 5.41. The molecule has 0 fully saturated rings. The molecule has 0 aliphatic heterocycles. The molecule has 0 aliphatic carbocycles. The average Bonchev–Trinajstić information content (AvgIpc) is 1.89. The highest BCUT2D eigenvalue weighted by atomic mass is 16.5. The van der Waals surface area contributed by atoms with Gasteiger partial charge < -0.3 is 4.74 Å². The second-order valence-electron chi connectivity index (χ2n) is 1.30. The third kappa shape index (κ3) is 6.95. The van der Waals surface area contributed by atoms with Gasteiger partial charge in [-0.15, -0.1) is 0 Å². The lowest BCUT2D eigenvalue weighted by Crippen LogP contribution is -1.74. The summed E-state index contributed by atoms with van der Waals surface area (Å²) in [7, 11) is 0. The normalized spacial score (nSPS) is 10.8. The Morgan fingerprint density at radius 3 is 2.67 bits per heavy atom. The Morgan fingerprint density at radius 2 is 2.11 bits per heavy atom. The molecule has 0 atom stereocenters. The van der Waals surface area contributed by atoms with Crippen molar-refractivity contribution in [2.24, 2.45) is 0 Å². The smallest absolute Gasteiger partial charge is 0.142 e. The molecule has 9 heavy (non-hydrogen) atoms. The number of ether oxygens (including phenoxy) is 1. The molecule has 0 saturated heterocycles. The van der Waals surface area contributed by atoms with Crippen molar-refractivity contribution in [1.82, 2.24) is 0 Å². The number of carbonyl (C=O) groups excluding carboxylic acids is 1. The topological polar surface area (TPSA) is 26.3 Å². The summed E-state index contributed by atoms with van der Waals surface area (Å²) in [6, 6.07) is 0. The van der Waals surface area contributed by atoms with E-state index in [0.717, 1.165) is 6.29 Å². The van der Waals surface area contributed by atoms with Gasteiger partial charge in [0.25, 0.3) is 0 Å². The van der Waals surface area contributed by atoms with E-state index in [1.165, 1.54) is 6.08 Å². The van der Waals surface area contributed by atoms with E-state index >= 15 is 0 Å². The van der Waals surface area contributed by atoms with Gasteiger partial charge in [-0.25, -0.2) is 0 Å². The van der Waals surface area contributed by atoms with Crippen molar-refractivity contribution >= 4 is 6.29 Å². The fraction of sp³-hybridized carbons (Fsp3) is 0.286. The Balaban J connectivity index is 3.23. The zero-order valence-corrected chi connectivity index (χ0v) is 5.41. The summed E-state index contributed by atoms with van der Waals surface area (Å²) in [5, 5.41) is 0. The average molecular weight is 126 g/mol. The van der Waals surface area contributed by atoms with E-state index in [-0.39, 0.29) is 0 Å². The van der Waals surface area contributed by atoms with Crippen LogP contribution in [0.25, 0.3) is 0 Å². The molecule has 2 heteroatoms. The van der Waals surface area contributed by atoms with Crippen LogP contribution >= 0.6 is 0 Å². The molecule has 0 spiro atoms. The van der Waals surface area contributed by atoms with E-state index in [2.05, 4.69) is 0 Å². The van der Waals surface area contributed by atoms with Gasteiger partial charge in [0.1, 0.15) is 6.29 Å². The number of hydrogen-bond acceptors (Lipinski definition) is 2. The minimum absolute atomic E-state index is 0.658. The highest BCUT2D eigenvalue weighted by molar-refractivity contribution is 5.65. The molecule has 0 aromatic carbocycles. The van der Waals surface area contributed by atoms with Crippen LogP contribution in [0.15, 0.2) is 24.5 Å². The van der Waals surface area contributed by atoms with Crippen molar-refractivity contribution in [3.63, 3.8) is 0 Å². The number of hydrogen-bond donors (Lipinski definition) is 0. The molecule has 0 unspecified atom stereocenters. The first-order chi connectivity index (χ1) is 4.41. The van der Waals surface area contributed by atoms with E-state index < -0.39 is 0 Å². The molecule has 0 N–H and O–H groups in total. The maximum absolute atomic E-state index is 9.68. The van der Waals surface area contributed by atoms with Gasteiger partial charge in [-0.1, -0.05) is 6.08 Å². The van der Waals surface area contributed by atoms with E-state index in [4.69, 9.17) is 4.74 Å². The second kappa shape index (κ2) is 6.95. The second-order valence-corrected chi connectivity index (χ2v) is 1.30. The Labute approximate surface area is 54.8 Å². The Morgan fingerprint density at radius 1 is 1.33 bits per heavy atom. The molecule has 0 amide bonds. The number of rotatable bonds is 4. The molecular formula is C7H10O2. The van der Waals surface area contributed by atoms with Gasteiger partial charge in [0.15, 0.2) is 0 Å². The Bertz CT molecular complexity index is 114. The van der Waals surface area contributed by atoms with E-state index in [0.29, 0.717) is 6.61 Å². The van der Waals surface area contributed by atoms with Crippen LogP contribution < -0.4 is 0 Å². The monoisotopic (exact) mass is 126 g/mol. The SMILES string of the molecule is CCO/C=C/C=C/C=O. The molecule has 0 aromatic heterocycles. The lowest BCUT2D eigenvalue weighted by Gasteiger charge is -1.87. The minimum Gasteiger partial charge on any atom is -0.501 e. The van der Waals surface area contributed by atoms with Gasteiger partial charge >= 0.3 is 0 Å². The van der Waals surface area contributed by atoms with Gasteiger partial charge in [0, 0.05) is 0 Å². The summed E-state index contributed by atoms with van der Waals surface area (Å²) in [4.78, 5) is 9.68. The molecule has 0 rings (SSSR count). The third-order valence-corrected chi connectivity index (χ3v) is 0.642. The van der Waals surface area contributed by atoms with Crippen LogP contribution in [0.4, 0.5) is 0 Å². The predicted octanol–water partition coefficient (Wildman–Crippen LogP) is 1.29. The van der Waals surface area contributed by atoms with Crippen LogP contribution in [0, 0.1) is 0 Å². The molecule has 0 saturated carbocycles. The number of carbonyl (C=O) groups is 1. The summed E-state index contributed by atoms with van der Waals surface area (Å²) in [5.74, 6) is 0. The lowest BCUT2D eigenvalue weighted by molar-refractivity contribution is -0.104. The minimum atomic E-state index is 0.658. The van der Waals surface area contributed by atoms with Gasteiger partial charge in [-0.05, 0) is 19.1 Å². The van der Waals surface area contributed by atoms with Crippen LogP contribution in [0.2, 0.25) is 0 Å². The summed E-state index contributed by atoms with van der Waals surface area (Å²) >= 11 is 0. The van der Waals surface area contributed by atoms with Gasteiger partial charge in [-0.3, -0.25) is 4.79 Å². The first-order valence-electron chi connectivity index (χ1n) is 2.80. The van der Waals surface area contributed by atoms with Gasteiger partial charge in [-0.2, -0.15) is 0 Å². The van der Waals surface area contributed by atoms with Gasteiger partial charge in [0.2, 0.25) is 0 Å². The highest BCUT2D eigenvalue weighted by Crippen LogP contribution is 1.77. The first-order valence-corrected chi connectivity index (χ1v) is 2.80. The molecule has 0 heterocycles. The Hall–Kier alpha value is -1.05. The van der Waals surface area contributed by atoms with Crippen LogP contribution in [-0.2, 0) is 9.53 Å². The van der Waals surface area contributed by atoms with Crippen LogP contribution in [-0.4, -0.2) is 12.9 Å². The largest absolute Gasteiger partial charge is 0.501 e. The summed E-state index contributed by atoms with van der Waals surface area (Å²) in [6.45, 7) is 2.55. The fourth-order valence-corrected chi connectivity index (χ4v) is 0.307. The van der Waals surface area contributed by atoms with Crippen molar-refractivity contribution in [2.75, 3.05) is 6.61 Å². The molecule has 0 aliphatic rings. The summed E-state index contributed by atoms with van der Waals surface area (Å²) in [5.41, 5.74) is 0. The van der Waals surface area contributed by atoms with Crippen molar-refractivity contribution < 1.29 is 9.53 Å². The van der Waals surface area contributed by atoms with E-state index in [1.807, 2.05) is 6.92 Å². The molecule has 0 bridgehead atoms. The van der Waals surface area contributed by atoms with Crippen LogP contribution in [0.5, 0.6) is 0 Å². The molecule has 0 aromatic rings. The molecular weight excluding hydrogens is 116 g/mol. The highest BCUT2D eigenvalue weighted by Gasteiger charge is 1.65. The quantitative estimate of drug-likeness (QED) is 0.245. The molecule has 50 valence electrons. The van der Waals surface area contributed by atoms with Crippen molar-refractivity contribution in [3.05, 3.63) is 24.5 Å². The first kappa shape index (κ1) is 7.95. The number of allylic oxidation sites excluding steroid dienone is 3. The van der Waals surface area contributed by atoms with E-state index in [1.54, 1.807) is 18.4 Å². The van der Waals surface area contributed by atoms with Crippen molar-refractivity contribution in [3.8, 4) is 0 Å². The van der Waals surface area contributed by atoms with Gasteiger partial charge in [0.05, 0.1) is 12.9 Å². The molecule has 0 radical (unpaired) electrons. The zero-order chi connectivity index (χ0) is 6.95. The standard InChI is InChI=1S/C7H10O2/c1-2-9-7-5-3-4-6-8/h3-7H,2H2,1H3/b4-3+,7-5+. The van der Waals surface area contributed by atoms with E-state index in [9.17, 15) is 4.79 Å².